The minimum Gasteiger partial charge on any atom is -0.493 e. The van der Waals surface area contributed by atoms with Crippen LogP contribution in [0.2, 0.25) is 0 Å². The molecule has 1 aromatic heterocycles. The number of carbonyl (C=O) groups excluding carboxylic acids is 2. The van der Waals surface area contributed by atoms with E-state index < -0.39 is 5.92 Å². The van der Waals surface area contributed by atoms with Gasteiger partial charge < -0.3 is 29.0 Å². The number of ether oxygens (including phenoxy) is 3. The molecular weight excluding hydrogens is 422 g/mol. The summed E-state index contributed by atoms with van der Waals surface area (Å²) in [5, 5.41) is 4.20. The van der Waals surface area contributed by atoms with Crippen LogP contribution >= 0.6 is 0 Å². The molecule has 0 unspecified atom stereocenters. The molecule has 2 amide bonds. The Balaban J connectivity index is 1.34. The van der Waals surface area contributed by atoms with Crippen molar-refractivity contribution in [1.82, 2.24) is 9.88 Å². The van der Waals surface area contributed by atoms with Crippen LogP contribution in [0.4, 0.5) is 5.69 Å². The molecule has 4 rings (SSSR count). The summed E-state index contributed by atoms with van der Waals surface area (Å²) in [4.78, 5) is 27.0. The highest BCUT2D eigenvalue weighted by Gasteiger charge is 2.35. The van der Waals surface area contributed by atoms with Crippen molar-refractivity contribution < 1.29 is 23.8 Å². The molecule has 0 aliphatic carbocycles. The van der Waals surface area contributed by atoms with Gasteiger partial charge in [0, 0.05) is 49.9 Å². The summed E-state index contributed by atoms with van der Waals surface area (Å²) in [7, 11) is 4.58. The Morgan fingerprint density at radius 2 is 1.79 bits per heavy atom. The summed E-state index contributed by atoms with van der Waals surface area (Å²) in [5.41, 5.74) is 1.80. The molecule has 1 aliphatic rings. The van der Waals surface area contributed by atoms with E-state index in [9.17, 15) is 9.59 Å². The van der Waals surface area contributed by atoms with Crippen molar-refractivity contribution in [3.8, 4) is 17.2 Å². The zero-order valence-corrected chi connectivity index (χ0v) is 19.2. The van der Waals surface area contributed by atoms with Gasteiger partial charge in [0.25, 0.3) is 0 Å². The van der Waals surface area contributed by atoms with Crippen LogP contribution in [0.25, 0.3) is 10.9 Å². The summed E-state index contributed by atoms with van der Waals surface area (Å²) >= 11 is 0. The summed E-state index contributed by atoms with van der Waals surface area (Å²) < 4.78 is 18.3. The lowest BCUT2D eigenvalue weighted by Crippen LogP contribution is -2.33. The summed E-state index contributed by atoms with van der Waals surface area (Å²) in [5.74, 6) is 0.776. The smallest absolute Gasteiger partial charge is 0.227 e. The number of aromatic nitrogens is 1. The predicted molar refractivity (Wildman–Crippen MR) is 126 cm³/mol. The topological polar surface area (TPSA) is 82.0 Å². The number of nitrogens with one attached hydrogen (secondary N) is 1. The number of benzene rings is 2. The van der Waals surface area contributed by atoms with Crippen LogP contribution in [0.1, 0.15) is 12.8 Å². The normalized spacial score (nSPS) is 15.7. The van der Waals surface area contributed by atoms with Gasteiger partial charge in [-0.05, 0) is 23.9 Å². The fourth-order valence-electron chi connectivity index (χ4n) is 4.30. The molecular formula is C25H29N3O5. The molecule has 174 valence electrons. The number of nitrogens with zero attached hydrogens (tertiary/aromatic N) is 2. The van der Waals surface area contributed by atoms with Crippen molar-refractivity contribution >= 4 is 28.4 Å². The van der Waals surface area contributed by atoms with E-state index in [2.05, 4.69) is 34.3 Å². The first-order valence-corrected chi connectivity index (χ1v) is 11.0. The van der Waals surface area contributed by atoms with Gasteiger partial charge in [-0.25, -0.2) is 0 Å². The first-order valence-electron chi connectivity index (χ1n) is 11.0. The Kier molecular flexibility index (Phi) is 6.72. The highest BCUT2D eigenvalue weighted by molar-refractivity contribution is 6.00. The van der Waals surface area contributed by atoms with Crippen LogP contribution in [-0.4, -0.2) is 50.8 Å². The Morgan fingerprint density at radius 3 is 2.48 bits per heavy atom. The number of carbonyl (C=O) groups is 2. The van der Waals surface area contributed by atoms with E-state index in [1.54, 1.807) is 17.0 Å². The zero-order chi connectivity index (χ0) is 23.4. The third kappa shape index (κ3) is 4.60. The third-order valence-corrected chi connectivity index (χ3v) is 6.01. The number of para-hydroxylation sites is 1. The highest BCUT2D eigenvalue weighted by atomic mass is 16.5. The van der Waals surface area contributed by atoms with E-state index in [0.29, 0.717) is 36.0 Å². The number of anilines is 1. The largest absolute Gasteiger partial charge is 0.493 e. The molecule has 1 atom stereocenters. The fourth-order valence-corrected chi connectivity index (χ4v) is 4.30. The van der Waals surface area contributed by atoms with E-state index in [0.717, 1.165) is 13.0 Å². The van der Waals surface area contributed by atoms with Crippen molar-refractivity contribution in [1.29, 1.82) is 0 Å². The van der Waals surface area contributed by atoms with Crippen molar-refractivity contribution in [3.05, 3.63) is 48.7 Å². The minimum atomic E-state index is -0.399. The van der Waals surface area contributed by atoms with Crippen molar-refractivity contribution in [2.45, 2.75) is 19.4 Å². The molecule has 1 N–H and O–H groups in total. The van der Waals surface area contributed by atoms with Gasteiger partial charge in [-0.15, -0.1) is 0 Å². The SMILES string of the molecule is COc1cc(N2C[C@@H](C(=O)NCCCn3ccc4ccccc43)CC2=O)cc(OC)c1OC. The van der Waals surface area contributed by atoms with Gasteiger partial charge in [-0.1, -0.05) is 18.2 Å². The minimum absolute atomic E-state index is 0.101. The van der Waals surface area contributed by atoms with Gasteiger partial charge in [0.05, 0.1) is 32.9 Å². The lowest BCUT2D eigenvalue weighted by Gasteiger charge is -2.20. The third-order valence-electron chi connectivity index (χ3n) is 6.01. The second-order valence-electron chi connectivity index (χ2n) is 8.00. The van der Waals surface area contributed by atoms with E-state index in [-0.39, 0.29) is 18.2 Å². The Morgan fingerprint density at radius 1 is 1.06 bits per heavy atom. The summed E-state index contributed by atoms with van der Waals surface area (Å²) in [6.07, 6.45) is 3.05. The number of amides is 2. The summed E-state index contributed by atoms with van der Waals surface area (Å²) in [6, 6.07) is 13.8. The van der Waals surface area contributed by atoms with Gasteiger partial charge in [0.2, 0.25) is 17.6 Å². The van der Waals surface area contributed by atoms with Gasteiger partial charge in [0.1, 0.15) is 0 Å². The predicted octanol–water partition coefficient (Wildman–Crippen LogP) is 3.23. The van der Waals surface area contributed by atoms with Gasteiger partial charge in [-0.2, -0.15) is 0 Å². The van der Waals surface area contributed by atoms with Crippen molar-refractivity contribution in [2.75, 3.05) is 39.3 Å². The molecule has 0 bridgehead atoms. The zero-order valence-electron chi connectivity index (χ0n) is 19.2. The average Bonchev–Trinajstić information content (AvgIpc) is 3.44. The van der Waals surface area contributed by atoms with Gasteiger partial charge in [-0.3, -0.25) is 9.59 Å². The van der Waals surface area contributed by atoms with E-state index in [1.165, 1.54) is 32.2 Å². The lowest BCUT2D eigenvalue weighted by molar-refractivity contribution is -0.126. The fraction of sp³-hybridized carbons (Fsp3) is 0.360. The number of rotatable bonds is 9. The first-order chi connectivity index (χ1) is 16.0. The lowest BCUT2D eigenvalue weighted by atomic mass is 10.1. The van der Waals surface area contributed by atoms with Crippen molar-refractivity contribution in [3.63, 3.8) is 0 Å². The molecule has 0 saturated carbocycles. The van der Waals surface area contributed by atoms with Crippen LogP contribution in [0.5, 0.6) is 17.2 Å². The molecule has 8 heteroatoms. The Hall–Kier alpha value is -3.68. The van der Waals surface area contributed by atoms with Gasteiger partial charge in [0.15, 0.2) is 11.5 Å². The van der Waals surface area contributed by atoms with Crippen LogP contribution in [0.15, 0.2) is 48.7 Å². The quantitative estimate of drug-likeness (QED) is 0.505. The molecule has 3 aromatic rings. The molecule has 2 aromatic carbocycles. The maximum absolute atomic E-state index is 12.7. The molecule has 1 fully saturated rings. The maximum atomic E-state index is 12.7. The average molecular weight is 452 g/mol. The number of hydrogen-bond acceptors (Lipinski definition) is 5. The van der Waals surface area contributed by atoms with Crippen molar-refractivity contribution in [2.24, 2.45) is 5.92 Å². The number of fused-ring (bicyclic) bond motifs is 1. The van der Waals surface area contributed by atoms with E-state index in [1.807, 2.05) is 12.1 Å². The second kappa shape index (κ2) is 9.85. The maximum Gasteiger partial charge on any atom is 0.227 e. The van der Waals surface area contributed by atoms with Gasteiger partial charge >= 0.3 is 0 Å². The van der Waals surface area contributed by atoms with Crippen LogP contribution < -0.4 is 24.4 Å². The first kappa shape index (κ1) is 22.5. The molecule has 1 saturated heterocycles. The monoisotopic (exact) mass is 451 g/mol. The van der Waals surface area contributed by atoms with E-state index in [4.69, 9.17) is 14.2 Å². The molecule has 2 heterocycles. The summed E-state index contributed by atoms with van der Waals surface area (Å²) in [6.45, 7) is 1.68. The highest BCUT2D eigenvalue weighted by Crippen LogP contribution is 2.42. The molecule has 0 radical (unpaired) electrons. The second-order valence-corrected chi connectivity index (χ2v) is 8.00. The number of hydrogen-bond donors (Lipinski definition) is 1. The Labute approximate surface area is 193 Å². The standard InChI is InChI=1S/C25H29N3O5/c1-31-21-14-19(15-22(32-2)24(21)33-3)28-16-18(13-23(28)29)25(30)26-10-6-11-27-12-9-17-7-4-5-8-20(17)27/h4-5,7-9,12,14-15,18H,6,10-11,13,16H2,1-3H3,(H,26,30)/t18-/m0/s1. The number of aryl methyl sites for hydroxylation is 1. The Bertz CT molecular complexity index is 1130. The molecule has 1 aliphatic heterocycles. The van der Waals surface area contributed by atoms with E-state index >= 15 is 0 Å². The molecule has 33 heavy (non-hydrogen) atoms. The number of methoxy groups -OCH3 is 3. The van der Waals surface area contributed by atoms with Crippen LogP contribution in [0.3, 0.4) is 0 Å². The molecule has 8 nitrogen and oxygen atoms in total. The van der Waals surface area contributed by atoms with Crippen LogP contribution in [0, 0.1) is 5.92 Å². The van der Waals surface area contributed by atoms with Crippen LogP contribution in [-0.2, 0) is 16.1 Å². The molecule has 0 spiro atoms.